The molecular weight excluding hydrogens is 192 g/mol. The molecule has 2 heterocycles. The number of aliphatic hydroxyl groups excluding tert-OH is 2. The van der Waals surface area contributed by atoms with Crippen molar-refractivity contribution in [3.63, 3.8) is 0 Å². The monoisotopic (exact) mass is 208 g/mol. The van der Waals surface area contributed by atoms with E-state index in [2.05, 4.69) is 9.88 Å². The zero-order valence-corrected chi connectivity index (χ0v) is 8.63. The van der Waals surface area contributed by atoms with Crippen molar-refractivity contribution in [2.45, 2.75) is 25.5 Å². The molecule has 0 spiro atoms. The highest BCUT2D eigenvalue weighted by Crippen LogP contribution is 2.27. The predicted molar refractivity (Wildman–Crippen MR) is 57.6 cm³/mol. The fourth-order valence-corrected chi connectivity index (χ4v) is 2.16. The van der Waals surface area contributed by atoms with Gasteiger partial charge in [0.05, 0.1) is 19.3 Å². The van der Waals surface area contributed by atoms with Gasteiger partial charge in [0, 0.05) is 30.2 Å². The summed E-state index contributed by atoms with van der Waals surface area (Å²) in [6.07, 6.45) is 5.52. The third-order valence-electron chi connectivity index (χ3n) is 2.95. The molecule has 0 aliphatic carbocycles. The lowest BCUT2D eigenvalue weighted by molar-refractivity contribution is 0.264. The topological polar surface area (TPSA) is 56.6 Å². The van der Waals surface area contributed by atoms with Crippen molar-refractivity contribution >= 4 is 5.69 Å². The van der Waals surface area contributed by atoms with Gasteiger partial charge in [-0.05, 0) is 18.9 Å². The van der Waals surface area contributed by atoms with E-state index in [1.807, 2.05) is 6.07 Å². The first-order valence-corrected chi connectivity index (χ1v) is 5.28. The Bertz CT molecular complexity index is 330. The van der Waals surface area contributed by atoms with Crippen LogP contribution < -0.4 is 4.90 Å². The standard InChI is InChI=1S/C11H16N2O2/c14-7-9-6-12-4-3-11(9)13-5-1-2-10(13)8-15/h3-4,6,10,14-15H,1-2,5,7-8H2. The number of pyridine rings is 1. The van der Waals surface area contributed by atoms with Gasteiger partial charge >= 0.3 is 0 Å². The number of nitrogens with zero attached hydrogens (tertiary/aromatic N) is 2. The molecule has 0 amide bonds. The van der Waals surface area contributed by atoms with Gasteiger partial charge in [-0.1, -0.05) is 0 Å². The van der Waals surface area contributed by atoms with E-state index in [0.29, 0.717) is 0 Å². The van der Waals surface area contributed by atoms with Gasteiger partial charge in [-0.3, -0.25) is 4.98 Å². The molecule has 82 valence electrons. The van der Waals surface area contributed by atoms with Gasteiger partial charge < -0.3 is 15.1 Å². The van der Waals surface area contributed by atoms with Gasteiger partial charge in [0.2, 0.25) is 0 Å². The third-order valence-corrected chi connectivity index (χ3v) is 2.95. The number of rotatable bonds is 3. The SMILES string of the molecule is OCc1cnccc1N1CCCC1CO. The molecule has 1 atom stereocenters. The van der Waals surface area contributed by atoms with E-state index in [-0.39, 0.29) is 19.3 Å². The van der Waals surface area contributed by atoms with E-state index in [0.717, 1.165) is 30.6 Å². The quantitative estimate of drug-likeness (QED) is 0.761. The maximum absolute atomic E-state index is 9.24. The second kappa shape index (κ2) is 4.59. The summed E-state index contributed by atoms with van der Waals surface area (Å²) < 4.78 is 0. The first-order valence-electron chi connectivity index (χ1n) is 5.28. The van der Waals surface area contributed by atoms with Crippen molar-refractivity contribution in [2.75, 3.05) is 18.1 Å². The van der Waals surface area contributed by atoms with E-state index in [4.69, 9.17) is 0 Å². The van der Waals surface area contributed by atoms with E-state index in [1.165, 1.54) is 0 Å². The lowest BCUT2D eigenvalue weighted by atomic mass is 10.2. The lowest BCUT2D eigenvalue weighted by Crippen LogP contribution is -2.32. The largest absolute Gasteiger partial charge is 0.394 e. The van der Waals surface area contributed by atoms with Crippen molar-refractivity contribution in [1.82, 2.24) is 4.98 Å². The Morgan fingerprint density at radius 1 is 1.47 bits per heavy atom. The molecule has 4 nitrogen and oxygen atoms in total. The number of hydrogen-bond donors (Lipinski definition) is 2. The molecule has 1 aliphatic rings. The Labute approximate surface area is 89.2 Å². The van der Waals surface area contributed by atoms with Crippen molar-refractivity contribution < 1.29 is 10.2 Å². The normalized spacial score (nSPS) is 20.9. The Kier molecular flexibility index (Phi) is 3.18. The first kappa shape index (κ1) is 10.4. The van der Waals surface area contributed by atoms with E-state index >= 15 is 0 Å². The fourth-order valence-electron chi connectivity index (χ4n) is 2.16. The summed E-state index contributed by atoms with van der Waals surface area (Å²) in [7, 11) is 0. The Hall–Kier alpha value is -1.13. The van der Waals surface area contributed by atoms with Crippen LogP contribution >= 0.6 is 0 Å². The third kappa shape index (κ3) is 1.96. The van der Waals surface area contributed by atoms with Crippen LogP contribution in [0.1, 0.15) is 18.4 Å². The van der Waals surface area contributed by atoms with Crippen LogP contribution in [0, 0.1) is 0 Å². The lowest BCUT2D eigenvalue weighted by Gasteiger charge is -2.26. The van der Waals surface area contributed by atoms with Crippen LogP contribution in [0.25, 0.3) is 0 Å². The molecule has 0 bridgehead atoms. The molecule has 1 saturated heterocycles. The molecule has 1 aliphatic heterocycles. The summed E-state index contributed by atoms with van der Waals surface area (Å²) in [6.45, 7) is 1.12. The van der Waals surface area contributed by atoms with Crippen molar-refractivity contribution in [3.8, 4) is 0 Å². The van der Waals surface area contributed by atoms with Crippen LogP contribution in [0.5, 0.6) is 0 Å². The minimum absolute atomic E-state index is 0.00216. The van der Waals surface area contributed by atoms with Crippen LogP contribution in [0.15, 0.2) is 18.5 Å². The average molecular weight is 208 g/mol. The fraction of sp³-hybridized carbons (Fsp3) is 0.545. The van der Waals surface area contributed by atoms with Gasteiger partial charge in [-0.2, -0.15) is 0 Å². The molecular formula is C11H16N2O2. The molecule has 1 aromatic heterocycles. The molecule has 1 unspecified atom stereocenters. The second-order valence-electron chi connectivity index (χ2n) is 3.83. The number of hydrogen-bond acceptors (Lipinski definition) is 4. The minimum atomic E-state index is -0.00216. The van der Waals surface area contributed by atoms with Gasteiger partial charge in [-0.25, -0.2) is 0 Å². The Morgan fingerprint density at radius 2 is 2.33 bits per heavy atom. The van der Waals surface area contributed by atoms with Crippen molar-refractivity contribution in [3.05, 3.63) is 24.0 Å². The Morgan fingerprint density at radius 3 is 3.07 bits per heavy atom. The molecule has 0 aromatic carbocycles. The van der Waals surface area contributed by atoms with Gasteiger partial charge in [0.1, 0.15) is 0 Å². The van der Waals surface area contributed by atoms with E-state index in [1.54, 1.807) is 12.4 Å². The summed E-state index contributed by atoms with van der Waals surface area (Å²) in [6, 6.07) is 2.09. The summed E-state index contributed by atoms with van der Waals surface area (Å²) in [5, 5.41) is 18.5. The van der Waals surface area contributed by atoms with Crippen LogP contribution in [0.3, 0.4) is 0 Å². The molecule has 4 heteroatoms. The van der Waals surface area contributed by atoms with Crippen LogP contribution in [0.4, 0.5) is 5.69 Å². The highest BCUT2D eigenvalue weighted by atomic mass is 16.3. The van der Waals surface area contributed by atoms with Crippen LogP contribution in [0.2, 0.25) is 0 Å². The highest BCUT2D eigenvalue weighted by molar-refractivity contribution is 5.53. The zero-order valence-electron chi connectivity index (χ0n) is 8.63. The highest BCUT2D eigenvalue weighted by Gasteiger charge is 2.25. The molecule has 15 heavy (non-hydrogen) atoms. The number of aliphatic hydroxyl groups is 2. The van der Waals surface area contributed by atoms with Gasteiger partial charge in [-0.15, -0.1) is 0 Å². The van der Waals surface area contributed by atoms with E-state index < -0.39 is 0 Å². The van der Waals surface area contributed by atoms with Crippen molar-refractivity contribution in [1.29, 1.82) is 0 Å². The van der Waals surface area contributed by atoms with Crippen molar-refractivity contribution in [2.24, 2.45) is 0 Å². The maximum Gasteiger partial charge on any atom is 0.0717 e. The zero-order chi connectivity index (χ0) is 10.7. The number of anilines is 1. The summed E-state index contributed by atoms with van der Waals surface area (Å²) >= 11 is 0. The smallest absolute Gasteiger partial charge is 0.0717 e. The minimum Gasteiger partial charge on any atom is -0.394 e. The summed E-state index contributed by atoms with van der Waals surface area (Å²) in [5.41, 5.74) is 1.84. The van der Waals surface area contributed by atoms with Crippen LogP contribution in [-0.2, 0) is 6.61 Å². The first-order chi connectivity index (χ1) is 7.36. The average Bonchev–Trinajstić information content (AvgIpc) is 2.76. The Balaban J connectivity index is 2.27. The summed E-state index contributed by atoms with van der Waals surface area (Å²) in [5.74, 6) is 0. The van der Waals surface area contributed by atoms with E-state index in [9.17, 15) is 10.2 Å². The molecule has 1 aromatic rings. The molecule has 0 radical (unpaired) electrons. The summed E-state index contributed by atoms with van der Waals surface area (Å²) in [4.78, 5) is 6.15. The predicted octanol–water partition coefficient (Wildman–Crippen LogP) is 0.535. The second-order valence-corrected chi connectivity index (χ2v) is 3.83. The van der Waals surface area contributed by atoms with Gasteiger partial charge in [0.25, 0.3) is 0 Å². The van der Waals surface area contributed by atoms with Crippen LogP contribution in [-0.4, -0.2) is 34.4 Å². The number of aromatic nitrogens is 1. The van der Waals surface area contributed by atoms with Gasteiger partial charge in [0.15, 0.2) is 0 Å². The maximum atomic E-state index is 9.24. The molecule has 2 rings (SSSR count). The molecule has 0 saturated carbocycles. The molecule has 2 N–H and O–H groups in total. The molecule has 1 fully saturated rings.